The molecule has 0 unspecified atom stereocenters. The Labute approximate surface area is 118 Å². The molecule has 1 aromatic carbocycles. The zero-order chi connectivity index (χ0) is 16.4. The molecule has 0 spiro atoms. The first-order chi connectivity index (χ1) is 9.44. The quantitative estimate of drug-likeness (QED) is 0.692. The maximum Gasteiger partial charge on any atom is 0.402 e. The highest BCUT2D eigenvalue weighted by molar-refractivity contribution is 7.90. The molecule has 0 aliphatic carbocycles. The maximum absolute atomic E-state index is 12.0. The van der Waals surface area contributed by atoms with Gasteiger partial charge in [0, 0.05) is 7.05 Å². The number of aromatic carboxylic acids is 1. The van der Waals surface area contributed by atoms with Gasteiger partial charge in [-0.15, -0.1) is 0 Å². The van der Waals surface area contributed by atoms with Gasteiger partial charge in [-0.25, -0.2) is 4.79 Å². The summed E-state index contributed by atoms with van der Waals surface area (Å²) in [5, 5.41) is 8.75. The summed E-state index contributed by atoms with van der Waals surface area (Å²) in [7, 11) is -3.48. The number of benzene rings is 1. The highest BCUT2D eigenvalue weighted by Gasteiger charge is 2.31. The van der Waals surface area contributed by atoms with Crippen LogP contribution in [-0.2, 0) is 10.2 Å². The lowest BCUT2D eigenvalue weighted by molar-refractivity contribution is -0.121. The third kappa shape index (κ3) is 4.49. The summed E-state index contributed by atoms with van der Waals surface area (Å²) in [6, 6.07) is 3.18. The second kappa shape index (κ2) is 5.77. The summed E-state index contributed by atoms with van der Waals surface area (Å²) >= 11 is 0. The summed E-state index contributed by atoms with van der Waals surface area (Å²) in [5.41, 5.74) is 5.00. The average Bonchev–Trinajstić information content (AvgIpc) is 2.34. The van der Waals surface area contributed by atoms with E-state index in [4.69, 9.17) is 10.8 Å². The summed E-state index contributed by atoms with van der Waals surface area (Å²) in [5.74, 6) is -1.27. The highest BCUT2D eigenvalue weighted by atomic mass is 32.2. The van der Waals surface area contributed by atoms with E-state index in [2.05, 4.69) is 0 Å². The van der Waals surface area contributed by atoms with Gasteiger partial charge >= 0.3 is 22.4 Å². The zero-order valence-electron chi connectivity index (χ0n) is 10.7. The molecule has 0 fully saturated rings. The van der Waals surface area contributed by atoms with E-state index in [1.165, 1.54) is 4.72 Å². The normalized spacial score (nSPS) is 12.2. The van der Waals surface area contributed by atoms with Gasteiger partial charge in [-0.2, -0.15) is 26.3 Å². The van der Waals surface area contributed by atoms with E-state index in [0.717, 1.165) is 25.2 Å². The van der Waals surface area contributed by atoms with Crippen LogP contribution in [0, 0.1) is 0 Å². The van der Waals surface area contributed by atoms with Crippen LogP contribution in [-0.4, -0.2) is 39.3 Å². The lowest BCUT2D eigenvalue weighted by Crippen LogP contribution is -2.42. The topological polar surface area (TPSA) is 113 Å². The molecule has 0 amide bonds. The standard InChI is InChI=1S/C10H12F3N3O4S/c1-16(21(19,20)15-5-10(11,12)13)8-3-2-6(9(17)18)4-7(8)14/h2-4,15H,5,14H2,1H3,(H,17,18). The number of carboxylic acid groups (broad SMARTS) is 1. The molecule has 0 radical (unpaired) electrons. The number of nitrogens with one attached hydrogen (secondary N) is 1. The van der Waals surface area contributed by atoms with Gasteiger partial charge in [-0.1, -0.05) is 0 Å². The van der Waals surface area contributed by atoms with Crippen molar-refractivity contribution in [2.24, 2.45) is 0 Å². The molecule has 11 heteroatoms. The van der Waals surface area contributed by atoms with E-state index >= 15 is 0 Å². The molecule has 118 valence electrons. The second-order valence-corrected chi connectivity index (χ2v) is 5.77. The molecule has 0 atom stereocenters. The fourth-order valence-electron chi connectivity index (χ4n) is 1.37. The molecule has 0 heterocycles. The van der Waals surface area contributed by atoms with Crippen molar-refractivity contribution in [3.05, 3.63) is 23.8 Å². The molecule has 7 nitrogen and oxygen atoms in total. The summed E-state index contributed by atoms with van der Waals surface area (Å²) in [6.45, 7) is -1.73. The summed E-state index contributed by atoms with van der Waals surface area (Å²) in [6.07, 6.45) is -4.70. The number of hydrogen-bond donors (Lipinski definition) is 3. The van der Waals surface area contributed by atoms with Crippen LogP contribution < -0.4 is 14.8 Å². The van der Waals surface area contributed by atoms with Crippen LogP contribution in [0.3, 0.4) is 0 Å². The van der Waals surface area contributed by atoms with E-state index in [-0.39, 0.29) is 16.9 Å². The number of hydrogen-bond acceptors (Lipinski definition) is 4. The van der Waals surface area contributed by atoms with Crippen molar-refractivity contribution in [3.63, 3.8) is 0 Å². The molecule has 0 saturated heterocycles. The molecule has 0 saturated carbocycles. The lowest BCUT2D eigenvalue weighted by atomic mass is 10.2. The second-order valence-electron chi connectivity index (χ2n) is 3.99. The molecule has 0 aromatic heterocycles. The minimum Gasteiger partial charge on any atom is -0.478 e. The van der Waals surface area contributed by atoms with E-state index in [9.17, 15) is 26.4 Å². The Kier molecular flexibility index (Phi) is 4.69. The van der Waals surface area contributed by atoms with Crippen LogP contribution in [0.25, 0.3) is 0 Å². The molecular weight excluding hydrogens is 315 g/mol. The fourth-order valence-corrected chi connectivity index (χ4v) is 2.34. The Bertz CT molecular complexity index is 645. The number of halogens is 3. The molecule has 4 N–H and O–H groups in total. The van der Waals surface area contributed by atoms with Gasteiger partial charge in [0.25, 0.3) is 0 Å². The first-order valence-corrected chi connectivity index (χ1v) is 6.81. The van der Waals surface area contributed by atoms with Crippen molar-refractivity contribution in [3.8, 4) is 0 Å². The van der Waals surface area contributed by atoms with Crippen LogP contribution in [0.2, 0.25) is 0 Å². The lowest BCUT2D eigenvalue weighted by Gasteiger charge is -2.22. The number of carboxylic acids is 1. The van der Waals surface area contributed by atoms with Gasteiger partial charge in [0.05, 0.1) is 16.9 Å². The minimum absolute atomic E-state index is 0.144. The number of nitrogens with two attached hydrogens (primary N) is 1. The monoisotopic (exact) mass is 327 g/mol. The van der Waals surface area contributed by atoms with Gasteiger partial charge in [0.1, 0.15) is 6.54 Å². The number of alkyl halides is 3. The van der Waals surface area contributed by atoms with Crippen LogP contribution in [0.5, 0.6) is 0 Å². The Hall–Kier alpha value is -2.01. The highest BCUT2D eigenvalue weighted by Crippen LogP contribution is 2.25. The van der Waals surface area contributed by atoms with Gasteiger partial charge in [-0.3, -0.25) is 4.31 Å². The third-order valence-corrected chi connectivity index (χ3v) is 3.86. The molecular formula is C10H12F3N3O4S. The van der Waals surface area contributed by atoms with Crippen molar-refractivity contribution in [2.75, 3.05) is 23.6 Å². The molecule has 21 heavy (non-hydrogen) atoms. The first-order valence-electron chi connectivity index (χ1n) is 5.37. The van der Waals surface area contributed by atoms with E-state index in [0.29, 0.717) is 4.31 Å². The predicted molar refractivity (Wildman–Crippen MR) is 69.2 cm³/mol. The van der Waals surface area contributed by atoms with E-state index in [1.54, 1.807) is 0 Å². The summed E-state index contributed by atoms with van der Waals surface area (Å²) < 4.78 is 61.4. The van der Waals surface area contributed by atoms with Crippen molar-refractivity contribution < 1.29 is 31.5 Å². The van der Waals surface area contributed by atoms with Crippen LogP contribution in [0.1, 0.15) is 10.4 Å². The zero-order valence-corrected chi connectivity index (χ0v) is 11.5. The number of anilines is 2. The Morgan fingerprint density at radius 1 is 1.43 bits per heavy atom. The first kappa shape index (κ1) is 17.0. The molecule has 1 rings (SSSR count). The Morgan fingerprint density at radius 3 is 2.43 bits per heavy atom. The van der Waals surface area contributed by atoms with Gasteiger partial charge in [-0.05, 0) is 18.2 Å². The molecule has 0 aliphatic rings. The molecule has 1 aromatic rings. The van der Waals surface area contributed by atoms with Crippen molar-refractivity contribution in [2.45, 2.75) is 6.18 Å². The van der Waals surface area contributed by atoms with Crippen molar-refractivity contribution >= 4 is 27.6 Å². The Balaban J connectivity index is 3.02. The summed E-state index contributed by atoms with van der Waals surface area (Å²) in [4.78, 5) is 10.7. The smallest absolute Gasteiger partial charge is 0.402 e. The number of rotatable bonds is 5. The van der Waals surface area contributed by atoms with E-state index < -0.39 is 28.9 Å². The van der Waals surface area contributed by atoms with Gasteiger partial charge in [0.2, 0.25) is 0 Å². The number of nitrogen functional groups attached to an aromatic ring is 1. The Morgan fingerprint density at radius 2 is 2.00 bits per heavy atom. The third-order valence-electron chi connectivity index (χ3n) is 2.43. The average molecular weight is 327 g/mol. The van der Waals surface area contributed by atoms with E-state index in [1.807, 2.05) is 0 Å². The van der Waals surface area contributed by atoms with Crippen LogP contribution >= 0.6 is 0 Å². The SMILES string of the molecule is CN(c1ccc(C(=O)O)cc1N)S(=O)(=O)NCC(F)(F)F. The van der Waals surface area contributed by atoms with Crippen molar-refractivity contribution in [1.29, 1.82) is 0 Å². The van der Waals surface area contributed by atoms with Gasteiger partial charge in [0.15, 0.2) is 0 Å². The predicted octanol–water partition coefficient (Wildman–Crippen LogP) is 0.800. The number of carbonyl (C=O) groups is 1. The van der Waals surface area contributed by atoms with Crippen LogP contribution in [0.4, 0.5) is 24.5 Å². The fraction of sp³-hybridized carbons (Fsp3) is 0.300. The minimum atomic E-state index is -4.70. The van der Waals surface area contributed by atoms with Crippen LogP contribution in [0.15, 0.2) is 18.2 Å². The molecule has 0 bridgehead atoms. The van der Waals surface area contributed by atoms with Gasteiger partial charge < -0.3 is 10.8 Å². The maximum atomic E-state index is 12.0. The molecule has 0 aliphatic heterocycles. The number of nitrogens with zero attached hydrogens (tertiary/aromatic N) is 1. The largest absolute Gasteiger partial charge is 0.478 e. The van der Waals surface area contributed by atoms with Crippen molar-refractivity contribution in [1.82, 2.24) is 4.72 Å².